The van der Waals surface area contributed by atoms with Crippen molar-refractivity contribution in [2.75, 3.05) is 33.0 Å². The topological polar surface area (TPSA) is 47.6 Å². The van der Waals surface area contributed by atoms with E-state index in [4.69, 9.17) is 9.47 Å². The van der Waals surface area contributed by atoms with Crippen LogP contribution in [0.2, 0.25) is 0 Å². The molecule has 0 bridgehead atoms. The van der Waals surface area contributed by atoms with E-state index < -0.39 is 0 Å². The molecule has 0 heterocycles. The van der Waals surface area contributed by atoms with Crippen LogP contribution in [0.5, 0.6) is 0 Å². The Morgan fingerprint density at radius 1 is 1.23 bits per heavy atom. The maximum absolute atomic E-state index is 9.82. The molecule has 0 radical (unpaired) electrons. The molecule has 78 valence electrons. The average molecular weight is 189 g/mol. The molecule has 0 rings (SSSR count). The van der Waals surface area contributed by atoms with Crippen LogP contribution in [-0.2, 0) is 14.3 Å². The predicted molar refractivity (Wildman–Crippen MR) is 50.5 cm³/mol. The Morgan fingerprint density at radius 3 is 2.54 bits per heavy atom. The molecule has 0 saturated carbocycles. The van der Waals surface area contributed by atoms with Gasteiger partial charge in [0.1, 0.15) is 0 Å². The number of rotatable bonds is 9. The first kappa shape index (κ1) is 12.4. The number of carbonyl (C=O) groups excluding carboxylic acids is 1. The molecule has 0 aromatic heterocycles. The summed E-state index contributed by atoms with van der Waals surface area (Å²) in [6.07, 6.45) is 0.665. The Bertz CT molecular complexity index is 117. The lowest BCUT2D eigenvalue weighted by molar-refractivity contribution is -0.109. The summed E-state index contributed by atoms with van der Waals surface area (Å²) in [4.78, 5) is 9.82. The molecule has 0 unspecified atom stereocenters. The van der Waals surface area contributed by atoms with Crippen LogP contribution in [0.1, 0.15) is 13.8 Å². The highest BCUT2D eigenvalue weighted by Crippen LogP contribution is 1.91. The van der Waals surface area contributed by atoms with Crippen molar-refractivity contribution in [3.63, 3.8) is 0 Å². The summed E-state index contributed by atoms with van der Waals surface area (Å²) < 4.78 is 10.5. The van der Waals surface area contributed by atoms with Gasteiger partial charge in [0.15, 0.2) is 0 Å². The van der Waals surface area contributed by atoms with Gasteiger partial charge < -0.3 is 14.8 Å². The highest BCUT2D eigenvalue weighted by atomic mass is 16.5. The summed E-state index contributed by atoms with van der Waals surface area (Å²) in [5, 5.41) is 2.51. The standard InChI is InChI=1S/C9H19NO3/c1-9(2)7-13-6-5-12-4-3-10-8-11/h8-9H,3-7H2,1-2H3,(H,10,11). The molecule has 0 atom stereocenters. The van der Waals surface area contributed by atoms with Gasteiger partial charge in [-0.3, -0.25) is 4.79 Å². The van der Waals surface area contributed by atoms with E-state index in [1.54, 1.807) is 0 Å². The molecular weight excluding hydrogens is 170 g/mol. The van der Waals surface area contributed by atoms with Gasteiger partial charge in [0.2, 0.25) is 6.41 Å². The molecule has 0 saturated heterocycles. The van der Waals surface area contributed by atoms with Gasteiger partial charge in [0.25, 0.3) is 0 Å². The molecule has 13 heavy (non-hydrogen) atoms. The molecule has 0 aromatic rings. The molecule has 4 heteroatoms. The van der Waals surface area contributed by atoms with Gasteiger partial charge >= 0.3 is 0 Å². The van der Waals surface area contributed by atoms with E-state index in [1.165, 1.54) is 0 Å². The van der Waals surface area contributed by atoms with Crippen LogP contribution < -0.4 is 5.32 Å². The van der Waals surface area contributed by atoms with Crippen LogP contribution in [0.4, 0.5) is 0 Å². The molecule has 1 N–H and O–H groups in total. The van der Waals surface area contributed by atoms with Crippen molar-refractivity contribution in [2.45, 2.75) is 13.8 Å². The molecule has 0 aliphatic heterocycles. The van der Waals surface area contributed by atoms with Gasteiger partial charge in [-0.15, -0.1) is 0 Å². The Morgan fingerprint density at radius 2 is 1.92 bits per heavy atom. The Hall–Kier alpha value is -0.610. The average Bonchev–Trinajstić information content (AvgIpc) is 2.09. The first-order valence-electron chi connectivity index (χ1n) is 4.60. The van der Waals surface area contributed by atoms with Gasteiger partial charge in [0, 0.05) is 13.2 Å². The number of amides is 1. The van der Waals surface area contributed by atoms with Gasteiger partial charge in [-0.25, -0.2) is 0 Å². The first-order chi connectivity index (χ1) is 6.27. The van der Waals surface area contributed by atoms with Crippen LogP contribution >= 0.6 is 0 Å². The van der Waals surface area contributed by atoms with E-state index in [0.717, 1.165) is 6.61 Å². The zero-order valence-electron chi connectivity index (χ0n) is 8.41. The Kier molecular flexibility index (Phi) is 9.03. The second kappa shape index (κ2) is 9.48. The third-order valence-electron chi connectivity index (χ3n) is 1.30. The summed E-state index contributed by atoms with van der Waals surface area (Å²) >= 11 is 0. The number of hydrogen-bond acceptors (Lipinski definition) is 3. The highest BCUT2D eigenvalue weighted by Gasteiger charge is 1.93. The quantitative estimate of drug-likeness (QED) is 0.422. The van der Waals surface area contributed by atoms with Gasteiger partial charge in [-0.1, -0.05) is 13.8 Å². The van der Waals surface area contributed by atoms with E-state index in [1.807, 2.05) is 0 Å². The van der Waals surface area contributed by atoms with E-state index in [-0.39, 0.29) is 0 Å². The van der Waals surface area contributed by atoms with Crippen molar-refractivity contribution in [3.05, 3.63) is 0 Å². The lowest BCUT2D eigenvalue weighted by atomic mass is 10.2. The van der Waals surface area contributed by atoms with Crippen LogP contribution in [-0.4, -0.2) is 39.4 Å². The minimum absolute atomic E-state index is 0.545. The lowest BCUT2D eigenvalue weighted by Gasteiger charge is -2.07. The fraction of sp³-hybridized carbons (Fsp3) is 0.889. The third kappa shape index (κ3) is 11.4. The van der Waals surface area contributed by atoms with Gasteiger partial charge in [-0.05, 0) is 5.92 Å². The van der Waals surface area contributed by atoms with Crippen LogP contribution in [0.3, 0.4) is 0 Å². The highest BCUT2D eigenvalue weighted by molar-refractivity contribution is 5.45. The van der Waals surface area contributed by atoms with Crippen LogP contribution in [0, 0.1) is 5.92 Å². The van der Waals surface area contributed by atoms with E-state index in [2.05, 4.69) is 19.2 Å². The summed E-state index contributed by atoms with van der Waals surface area (Å²) in [5.74, 6) is 0.566. The fourth-order valence-electron chi connectivity index (χ4n) is 0.729. The van der Waals surface area contributed by atoms with Crippen molar-refractivity contribution >= 4 is 6.41 Å². The summed E-state index contributed by atoms with van der Waals surface area (Å²) in [6.45, 7) is 7.31. The molecule has 1 amide bonds. The lowest BCUT2D eigenvalue weighted by Crippen LogP contribution is -2.19. The first-order valence-corrected chi connectivity index (χ1v) is 4.60. The molecule has 4 nitrogen and oxygen atoms in total. The van der Waals surface area contributed by atoms with E-state index in [9.17, 15) is 4.79 Å². The normalized spacial score (nSPS) is 10.4. The SMILES string of the molecule is CC(C)COCCOCCNC=O. The van der Waals surface area contributed by atoms with Gasteiger partial charge in [-0.2, -0.15) is 0 Å². The Balaban J connectivity index is 2.87. The van der Waals surface area contributed by atoms with Crippen molar-refractivity contribution in [3.8, 4) is 0 Å². The van der Waals surface area contributed by atoms with E-state index >= 15 is 0 Å². The van der Waals surface area contributed by atoms with Crippen LogP contribution in [0.25, 0.3) is 0 Å². The van der Waals surface area contributed by atoms with E-state index in [0.29, 0.717) is 38.7 Å². The fourth-order valence-corrected chi connectivity index (χ4v) is 0.729. The molecule has 0 aliphatic carbocycles. The molecule has 0 spiro atoms. The monoisotopic (exact) mass is 189 g/mol. The number of carbonyl (C=O) groups is 1. The summed E-state index contributed by atoms with van der Waals surface area (Å²) in [5.41, 5.74) is 0. The summed E-state index contributed by atoms with van der Waals surface area (Å²) in [6, 6.07) is 0. The van der Waals surface area contributed by atoms with Crippen molar-refractivity contribution < 1.29 is 14.3 Å². The third-order valence-corrected chi connectivity index (χ3v) is 1.30. The minimum Gasteiger partial charge on any atom is -0.379 e. The largest absolute Gasteiger partial charge is 0.379 e. The molecule has 0 fully saturated rings. The summed E-state index contributed by atoms with van der Waals surface area (Å²) in [7, 11) is 0. The number of nitrogens with one attached hydrogen (secondary N) is 1. The van der Waals surface area contributed by atoms with Gasteiger partial charge in [0.05, 0.1) is 19.8 Å². The smallest absolute Gasteiger partial charge is 0.207 e. The van der Waals surface area contributed by atoms with Crippen molar-refractivity contribution in [1.82, 2.24) is 5.32 Å². The Labute approximate surface area is 79.6 Å². The zero-order chi connectivity index (χ0) is 9.94. The molecule has 0 aromatic carbocycles. The maximum Gasteiger partial charge on any atom is 0.207 e. The number of ether oxygens (including phenoxy) is 2. The second-order valence-electron chi connectivity index (χ2n) is 3.15. The second-order valence-corrected chi connectivity index (χ2v) is 3.15. The molecule has 0 aliphatic rings. The van der Waals surface area contributed by atoms with Crippen LogP contribution in [0.15, 0.2) is 0 Å². The minimum atomic E-state index is 0.545. The van der Waals surface area contributed by atoms with Crippen molar-refractivity contribution in [2.24, 2.45) is 5.92 Å². The predicted octanol–water partition coefficient (Wildman–Crippen LogP) is 0.422. The zero-order valence-corrected chi connectivity index (χ0v) is 8.41. The maximum atomic E-state index is 9.82. The molecular formula is C9H19NO3. The number of hydrogen-bond donors (Lipinski definition) is 1. The van der Waals surface area contributed by atoms with Crippen molar-refractivity contribution in [1.29, 1.82) is 0 Å².